The van der Waals surface area contributed by atoms with Gasteiger partial charge < -0.3 is 10.1 Å². The van der Waals surface area contributed by atoms with E-state index in [2.05, 4.69) is 20.0 Å². The van der Waals surface area contributed by atoms with Gasteiger partial charge in [0, 0.05) is 12.1 Å². The van der Waals surface area contributed by atoms with Gasteiger partial charge in [0.15, 0.2) is 11.5 Å². The van der Waals surface area contributed by atoms with Crippen LogP contribution in [0.15, 0.2) is 0 Å². The van der Waals surface area contributed by atoms with Crippen LogP contribution in [0.2, 0.25) is 0 Å². The lowest BCUT2D eigenvalue weighted by atomic mass is 10.0. The molecule has 0 aliphatic carbocycles. The van der Waals surface area contributed by atoms with Gasteiger partial charge >= 0.3 is 12.4 Å². The Hall–Kier alpha value is -1.42. The maximum absolute atomic E-state index is 12.9. The molecule has 0 unspecified atom stereocenters. The van der Waals surface area contributed by atoms with E-state index in [1.807, 2.05) is 0 Å². The molecule has 2 heterocycles. The summed E-state index contributed by atoms with van der Waals surface area (Å²) in [6, 6.07) is 0. The highest BCUT2D eigenvalue weighted by atomic mass is 19.4. The third-order valence-corrected chi connectivity index (χ3v) is 2.75. The van der Waals surface area contributed by atoms with E-state index in [-0.39, 0.29) is 24.2 Å². The Balaban J connectivity index is 2.23. The van der Waals surface area contributed by atoms with Gasteiger partial charge in [0.25, 0.3) is 0 Å². The molecule has 0 saturated carbocycles. The summed E-state index contributed by atoms with van der Waals surface area (Å²) in [5.41, 5.74) is -0.963. The number of nitrogens with zero attached hydrogens (tertiary/aromatic N) is 2. The fourth-order valence-corrected chi connectivity index (χ4v) is 1.97. The zero-order chi connectivity index (χ0) is 15.7. The van der Waals surface area contributed by atoms with E-state index in [4.69, 9.17) is 0 Å². The van der Waals surface area contributed by atoms with Crippen LogP contribution in [-0.4, -0.2) is 29.3 Å². The largest absolute Gasteiger partial charge is 0.433 e. The van der Waals surface area contributed by atoms with Gasteiger partial charge in [-0.25, -0.2) is 9.97 Å². The van der Waals surface area contributed by atoms with Crippen molar-refractivity contribution in [1.29, 1.82) is 0 Å². The number of nitrogens with one attached hydrogen (secondary N) is 1. The lowest BCUT2D eigenvalue weighted by Crippen LogP contribution is -2.29. The monoisotopic (exact) mass is 315 g/mol. The maximum atomic E-state index is 12.9. The molecule has 0 atom stereocenters. The molecule has 2 rings (SSSR count). The fourth-order valence-electron chi connectivity index (χ4n) is 1.97. The molecule has 21 heavy (non-hydrogen) atoms. The first kappa shape index (κ1) is 16.0. The first-order valence-electron chi connectivity index (χ1n) is 5.98. The summed E-state index contributed by atoms with van der Waals surface area (Å²) < 4.78 is 78.9. The first-order chi connectivity index (χ1) is 9.67. The average molecular weight is 315 g/mol. The normalized spacial score (nSPS) is 15.9. The highest BCUT2D eigenvalue weighted by Crippen LogP contribution is 2.32. The molecule has 0 spiro atoms. The summed E-state index contributed by atoms with van der Waals surface area (Å²) in [7, 11) is 0. The predicted molar refractivity (Wildman–Crippen MR) is 58.2 cm³/mol. The Morgan fingerprint density at radius 3 is 2.43 bits per heavy atom. The van der Waals surface area contributed by atoms with Gasteiger partial charge in [-0.15, -0.1) is 0 Å². The van der Waals surface area contributed by atoms with Gasteiger partial charge in [0.05, 0.1) is 5.69 Å². The van der Waals surface area contributed by atoms with Crippen LogP contribution in [0.5, 0.6) is 0 Å². The number of aromatic nitrogens is 2. The average Bonchev–Trinajstić information content (AvgIpc) is 2.35. The molecule has 4 nitrogen and oxygen atoms in total. The van der Waals surface area contributed by atoms with Crippen molar-refractivity contribution in [2.45, 2.75) is 31.9 Å². The summed E-state index contributed by atoms with van der Waals surface area (Å²) in [4.78, 5) is 7.16. The summed E-state index contributed by atoms with van der Waals surface area (Å²) in [6.45, 7) is -1.81. The van der Waals surface area contributed by atoms with Crippen LogP contribution < -0.4 is 5.32 Å². The molecule has 0 saturated heterocycles. The van der Waals surface area contributed by atoms with Crippen molar-refractivity contribution >= 4 is 0 Å². The summed E-state index contributed by atoms with van der Waals surface area (Å²) in [6.07, 6.45) is -9.11. The van der Waals surface area contributed by atoms with Crippen molar-refractivity contribution < 1.29 is 31.1 Å². The molecule has 0 amide bonds. The van der Waals surface area contributed by atoms with Gasteiger partial charge in [-0.2, -0.15) is 26.3 Å². The predicted octanol–water partition coefficient (Wildman–Crippen LogP) is 2.22. The quantitative estimate of drug-likeness (QED) is 0.869. The third kappa shape index (κ3) is 4.27. The zero-order valence-corrected chi connectivity index (χ0v) is 10.6. The summed E-state index contributed by atoms with van der Waals surface area (Å²) in [5, 5.41) is 2.85. The van der Waals surface area contributed by atoms with E-state index in [0.29, 0.717) is 6.54 Å². The van der Waals surface area contributed by atoms with Crippen LogP contribution in [0.3, 0.4) is 0 Å². The number of fused-ring (bicyclic) bond motifs is 1. The highest BCUT2D eigenvalue weighted by Gasteiger charge is 2.38. The van der Waals surface area contributed by atoms with Crippen LogP contribution in [-0.2, 0) is 30.5 Å². The van der Waals surface area contributed by atoms with Crippen molar-refractivity contribution in [3.05, 3.63) is 22.8 Å². The number of hydrogen-bond donors (Lipinski definition) is 1. The van der Waals surface area contributed by atoms with E-state index >= 15 is 0 Å². The van der Waals surface area contributed by atoms with E-state index in [1.54, 1.807) is 0 Å². The fraction of sp³-hybridized carbons (Fsp3) is 0.636. The smallest absolute Gasteiger partial charge is 0.364 e. The molecule has 1 aromatic heterocycles. The summed E-state index contributed by atoms with van der Waals surface area (Å²) >= 11 is 0. The molecule has 1 aliphatic rings. The Kier molecular flexibility index (Phi) is 4.38. The van der Waals surface area contributed by atoms with Crippen molar-refractivity contribution in [3.63, 3.8) is 0 Å². The van der Waals surface area contributed by atoms with Gasteiger partial charge in [0.1, 0.15) is 13.2 Å². The maximum Gasteiger partial charge on any atom is 0.433 e. The number of alkyl halides is 6. The summed E-state index contributed by atoms with van der Waals surface area (Å²) in [5.74, 6) is -0.408. The second-order valence-electron chi connectivity index (χ2n) is 4.45. The molecule has 0 fully saturated rings. The van der Waals surface area contributed by atoms with Crippen LogP contribution in [0.25, 0.3) is 0 Å². The molecule has 0 aromatic carbocycles. The van der Waals surface area contributed by atoms with Crippen molar-refractivity contribution in [1.82, 2.24) is 15.3 Å². The molecule has 118 valence electrons. The van der Waals surface area contributed by atoms with E-state index in [9.17, 15) is 26.3 Å². The standard InChI is InChI=1S/C11H11F6N3O/c12-10(13,14)5-21-4-8-19-7-3-18-2-1-6(7)9(20-8)11(15,16)17/h18H,1-5H2. The first-order valence-corrected chi connectivity index (χ1v) is 5.98. The Morgan fingerprint density at radius 1 is 1.10 bits per heavy atom. The van der Waals surface area contributed by atoms with Gasteiger partial charge in [0.2, 0.25) is 0 Å². The molecule has 10 heteroatoms. The minimum absolute atomic E-state index is 0.0131. The van der Waals surface area contributed by atoms with Crippen LogP contribution in [0, 0.1) is 0 Å². The molecule has 0 radical (unpaired) electrons. The Morgan fingerprint density at radius 2 is 1.81 bits per heavy atom. The lowest BCUT2D eigenvalue weighted by Gasteiger charge is -2.21. The third-order valence-electron chi connectivity index (χ3n) is 2.75. The van der Waals surface area contributed by atoms with Crippen LogP contribution in [0.1, 0.15) is 22.8 Å². The second kappa shape index (κ2) is 5.76. The number of ether oxygens (including phenoxy) is 1. The highest BCUT2D eigenvalue weighted by molar-refractivity contribution is 5.30. The number of rotatable bonds is 3. The second-order valence-corrected chi connectivity index (χ2v) is 4.45. The lowest BCUT2D eigenvalue weighted by molar-refractivity contribution is -0.177. The Labute approximate surface area is 115 Å². The topological polar surface area (TPSA) is 47.0 Å². The van der Waals surface area contributed by atoms with Crippen LogP contribution >= 0.6 is 0 Å². The van der Waals surface area contributed by atoms with Gasteiger partial charge in [-0.1, -0.05) is 0 Å². The van der Waals surface area contributed by atoms with Crippen molar-refractivity contribution in [2.24, 2.45) is 0 Å². The zero-order valence-electron chi connectivity index (χ0n) is 10.6. The minimum atomic E-state index is -4.68. The number of halogens is 6. The number of hydrogen-bond acceptors (Lipinski definition) is 4. The van der Waals surface area contributed by atoms with Crippen molar-refractivity contribution in [2.75, 3.05) is 13.2 Å². The molecule has 0 bridgehead atoms. The van der Waals surface area contributed by atoms with Gasteiger partial charge in [-0.3, -0.25) is 0 Å². The minimum Gasteiger partial charge on any atom is -0.364 e. The molecular formula is C11H11F6N3O. The van der Waals surface area contributed by atoms with E-state index in [0.717, 1.165) is 0 Å². The molecule has 1 aromatic rings. The molecular weight excluding hydrogens is 304 g/mol. The van der Waals surface area contributed by atoms with Crippen LogP contribution in [0.4, 0.5) is 26.3 Å². The van der Waals surface area contributed by atoms with Gasteiger partial charge in [-0.05, 0) is 13.0 Å². The molecule has 1 aliphatic heterocycles. The van der Waals surface area contributed by atoms with Crippen molar-refractivity contribution in [3.8, 4) is 0 Å². The Bertz CT molecular complexity index is 514. The molecule has 1 N–H and O–H groups in total. The van der Waals surface area contributed by atoms with E-state index in [1.165, 1.54) is 0 Å². The van der Waals surface area contributed by atoms with E-state index < -0.39 is 37.1 Å². The SMILES string of the molecule is FC(F)(F)COCc1nc2c(c(C(F)(F)F)n1)CCNC2.